The molecule has 1 aliphatic rings. The van der Waals surface area contributed by atoms with Crippen LogP contribution in [-0.4, -0.2) is 44.3 Å². The molecular formula is C20H21FN4O2S. The number of halogens is 1. The van der Waals surface area contributed by atoms with Gasteiger partial charge < -0.3 is 10.2 Å². The lowest BCUT2D eigenvalue weighted by molar-refractivity contribution is 0.602. The molecule has 0 radical (unpaired) electrons. The predicted molar refractivity (Wildman–Crippen MR) is 108 cm³/mol. The molecular weight excluding hydrogens is 379 g/mol. The van der Waals surface area contributed by atoms with Crippen LogP contribution in [0.25, 0.3) is 10.9 Å². The first kappa shape index (κ1) is 18.6. The molecule has 0 spiro atoms. The minimum atomic E-state index is -3.30. The van der Waals surface area contributed by atoms with E-state index in [-0.39, 0.29) is 10.7 Å². The Morgan fingerprint density at radius 1 is 1.18 bits per heavy atom. The van der Waals surface area contributed by atoms with E-state index in [1.54, 1.807) is 30.3 Å². The zero-order valence-electron chi connectivity index (χ0n) is 15.5. The maximum Gasteiger partial charge on any atom is 0.175 e. The highest BCUT2D eigenvalue weighted by molar-refractivity contribution is 7.90. The lowest BCUT2D eigenvalue weighted by Crippen LogP contribution is -2.22. The van der Waals surface area contributed by atoms with E-state index >= 15 is 0 Å². The van der Waals surface area contributed by atoms with Crippen molar-refractivity contribution in [1.82, 2.24) is 9.97 Å². The van der Waals surface area contributed by atoms with Gasteiger partial charge in [-0.25, -0.2) is 22.8 Å². The molecule has 0 amide bonds. The normalized spacial score (nSPS) is 17.2. The van der Waals surface area contributed by atoms with Gasteiger partial charge in [0.15, 0.2) is 9.84 Å². The Morgan fingerprint density at radius 2 is 1.96 bits per heavy atom. The van der Waals surface area contributed by atoms with E-state index in [1.165, 1.54) is 24.7 Å². The van der Waals surface area contributed by atoms with E-state index in [4.69, 9.17) is 0 Å². The smallest absolute Gasteiger partial charge is 0.175 e. The second-order valence-corrected chi connectivity index (χ2v) is 9.15. The minimum absolute atomic E-state index is 0.231. The summed E-state index contributed by atoms with van der Waals surface area (Å²) in [5, 5.41) is 4.05. The molecule has 146 valence electrons. The fourth-order valence-corrected chi connectivity index (χ4v) is 4.18. The molecule has 2 aromatic carbocycles. The summed E-state index contributed by atoms with van der Waals surface area (Å²) in [6.07, 6.45) is 3.68. The molecule has 28 heavy (non-hydrogen) atoms. The van der Waals surface area contributed by atoms with Gasteiger partial charge in [-0.15, -0.1) is 0 Å². The van der Waals surface area contributed by atoms with Crippen molar-refractivity contribution in [3.63, 3.8) is 0 Å². The van der Waals surface area contributed by atoms with Crippen molar-refractivity contribution in [3.05, 3.63) is 54.6 Å². The standard InChI is InChI=1S/C20H21FN4O2S/c1-28(26,27)17-6-7-19-18(10-17)20(24-13-23-19)22-11-14-8-9-25(12-14)16-4-2-15(21)3-5-16/h2-7,10,13-14H,8-9,11-12H2,1H3,(H,22,23,24). The first-order valence-corrected chi connectivity index (χ1v) is 11.0. The number of anilines is 2. The Kier molecular flexibility index (Phi) is 4.89. The van der Waals surface area contributed by atoms with Gasteiger partial charge in [0.2, 0.25) is 0 Å². The Bertz CT molecular complexity index is 1100. The predicted octanol–water partition coefficient (Wildman–Crippen LogP) is 3.11. The third-order valence-corrected chi connectivity index (χ3v) is 6.18. The molecule has 1 atom stereocenters. The summed E-state index contributed by atoms with van der Waals surface area (Å²) in [4.78, 5) is 11.0. The molecule has 2 heterocycles. The number of aromatic nitrogens is 2. The maximum atomic E-state index is 13.1. The van der Waals surface area contributed by atoms with E-state index in [9.17, 15) is 12.8 Å². The Morgan fingerprint density at radius 3 is 2.71 bits per heavy atom. The molecule has 6 nitrogen and oxygen atoms in total. The maximum absolute atomic E-state index is 13.1. The van der Waals surface area contributed by atoms with Gasteiger partial charge in [0, 0.05) is 37.0 Å². The number of hydrogen-bond donors (Lipinski definition) is 1. The largest absolute Gasteiger partial charge is 0.371 e. The van der Waals surface area contributed by atoms with Gasteiger partial charge in [0.05, 0.1) is 10.4 Å². The SMILES string of the molecule is CS(=O)(=O)c1ccc2ncnc(NCC3CCN(c4ccc(F)cc4)C3)c2c1. The van der Waals surface area contributed by atoms with Crippen molar-refractivity contribution in [2.45, 2.75) is 11.3 Å². The van der Waals surface area contributed by atoms with E-state index in [0.717, 1.165) is 25.2 Å². The summed E-state index contributed by atoms with van der Waals surface area (Å²) in [7, 11) is -3.30. The summed E-state index contributed by atoms with van der Waals surface area (Å²) in [5.74, 6) is 0.814. The second-order valence-electron chi connectivity index (χ2n) is 7.13. The van der Waals surface area contributed by atoms with Crippen LogP contribution < -0.4 is 10.2 Å². The van der Waals surface area contributed by atoms with Crippen LogP contribution in [-0.2, 0) is 9.84 Å². The minimum Gasteiger partial charge on any atom is -0.371 e. The third kappa shape index (κ3) is 3.91. The van der Waals surface area contributed by atoms with E-state index in [0.29, 0.717) is 29.2 Å². The number of nitrogens with zero attached hydrogens (tertiary/aromatic N) is 3. The molecule has 8 heteroatoms. The van der Waals surface area contributed by atoms with Crippen molar-refractivity contribution in [2.24, 2.45) is 5.92 Å². The highest BCUT2D eigenvalue weighted by Crippen LogP contribution is 2.26. The van der Waals surface area contributed by atoms with Gasteiger partial charge in [-0.3, -0.25) is 0 Å². The second kappa shape index (κ2) is 7.35. The molecule has 1 N–H and O–H groups in total. The number of nitrogens with one attached hydrogen (secondary N) is 1. The van der Waals surface area contributed by atoms with Gasteiger partial charge >= 0.3 is 0 Å². The van der Waals surface area contributed by atoms with Gasteiger partial charge in [-0.1, -0.05) is 0 Å². The topological polar surface area (TPSA) is 75.2 Å². The van der Waals surface area contributed by atoms with Crippen LogP contribution >= 0.6 is 0 Å². The molecule has 0 bridgehead atoms. The van der Waals surface area contributed by atoms with Gasteiger partial charge in [-0.2, -0.15) is 0 Å². The Balaban J connectivity index is 1.48. The van der Waals surface area contributed by atoms with Crippen LogP contribution in [0.15, 0.2) is 53.7 Å². The summed E-state index contributed by atoms with van der Waals surface area (Å²) in [6.45, 7) is 2.50. The molecule has 4 rings (SSSR count). The van der Waals surface area contributed by atoms with E-state index in [2.05, 4.69) is 20.2 Å². The highest BCUT2D eigenvalue weighted by atomic mass is 32.2. The molecule has 1 aliphatic heterocycles. The molecule has 0 saturated carbocycles. The van der Waals surface area contributed by atoms with Crippen molar-refractivity contribution < 1.29 is 12.8 Å². The molecule has 1 unspecified atom stereocenters. The van der Waals surface area contributed by atoms with Crippen LogP contribution in [0, 0.1) is 11.7 Å². The summed E-state index contributed by atoms with van der Waals surface area (Å²) in [5.41, 5.74) is 1.72. The molecule has 3 aromatic rings. The third-order valence-electron chi connectivity index (χ3n) is 5.07. The van der Waals surface area contributed by atoms with Crippen molar-refractivity contribution in [3.8, 4) is 0 Å². The van der Waals surface area contributed by atoms with Gasteiger partial charge in [0.25, 0.3) is 0 Å². The molecule has 1 fully saturated rings. The fraction of sp³-hybridized carbons (Fsp3) is 0.300. The van der Waals surface area contributed by atoms with Crippen molar-refractivity contribution in [1.29, 1.82) is 0 Å². The lowest BCUT2D eigenvalue weighted by atomic mass is 10.1. The quantitative estimate of drug-likeness (QED) is 0.709. The monoisotopic (exact) mass is 400 g/mol. The molecule has 1 aromatic heterocycles. The number of hydrogen-bond acceptors (Lipinski definition) is 6. The number of fused-ring (bicyclic) bond motifs is 1. The highest BCUT2D eigenvalue weighted by Gasteiger charge is 2.23. The van der Waals surface area contributed by atoms with Crippen LogP contribution in [0.5, 0.6) is 0 Å². The summed E-state index contributed by atoms with van der Waals surface area (Å²) >= 11 is 0. The average molecular weight is 400 g/mol. The Hall–Kier alpha value is -2.74. The number of sulfone groups is 1. The van der Waals surface area contributed by atoms with Crippen LogP contribution in [0.4, 0.5) is 15.9 Å². The van der Waals surface area contributed by atoms with Crippen LogP contribution in [0.3, 0.4) is 0 Å². The first-order valence-electron chi connectivity index (χ1n) is 9.09. The van der Waals surface area contributed by atoms with Gasteiger partial charge in [0.1, 0.15) is 18.0 Å². The lowest BCUT2D eigenvalue weighted by Gasteiger charge is -2.19. The first-order chi connectivity index (χ1) is 13.4. The van der Waals surface area contributed by atoms with E-state index in [1.807, 2.05) is 0 Å². The van der Waals surface area contributed by atoms with Crippen LogP contribution in [0.1, 0.15) is 6.42 Å². The fourth-order valence-electron chi connectivity index (χ4n) is 3.53. The van der Waals surface area contributed by atoms with Crippen molar-refractivity contribution >= 4 is 32.2 Å². The Labute approximate surface area is 163 Å². The number of rotatable bonds is 5. The zero-order chi connectivity index (χ0) is 19.7. The summed E-state index contributed by atoms with van der Waals surface area (Å²) < 4.78 is 36.8. The summed E-state index contributed by atoms with van der Waals surface area (Å²) in [6, 6.07) is 11.4. The number of benzene rings is 2. The zero-order valence-corrected chi connectivity index (χ0v) is 16.3. The van der Waals surface area contributed by atoms with Crippen molar-refractivity contribution in [2.75, 3.05) is 36.1 Å². The van der Waals surface area contributed by atoms with E-state index < -0.39 is 9.84 Å². The van der Waals surface area contributed by atoms with Crippen LogP contribution in [0.2, 0.25) is 0 Å². The van der Waals surface area contributed by atoms with Gasteiger partial charge in [-0.05, 0) is 54.8 Å². The average Bonchev–Trinajstić information content (AvgIpc) is 3.15. The molecule has 0 aliphatic carbocycles. The molecule has 1 saturated heterocycles.